The van der Waals surface area contributed by atoms with E-state index < -0.39 is 5.60 Å². The number of phenolic OH excluding ortho intramolecular Hbond substituents is 1. The predicted molar refractivity (Wildman–Crippen MR) is 104 cm³/mol. The number of aromatic hydroxyl groups is 1. The van der Waals surface area contributed by atoms with Gasteiger partial charge in [0.1, 0.15) is 5.75 Å². The topological polar surface area (TPSA) is 52.5 Å². The molecule has 0 radical (unpaired) electrons. The highest BCUT2D eigenvalue weighted by molar-refractivity contribution is 5.85. The van der Waals surface area contributed by atoms with Gasteiger partial charge in [-0.1, -0.05) is 25.3 Å². The summed E-state index contributed by atoms with van der Waals surface area (Å²) in [5.41, 5.74) is 1.79. The minimum Gasteiger partial charge on any atom is -0.508 e. The van der Waals surface area contributed by atoms with Gasteiger partial charge in [-0.25, -0.2) is 0 Å². The lowest BCUT2D eigenvalue weighted by atomic mass is 9.53. The molecule has 3 N–H and O–H groups in total. The largest absolute Gasteiger partial charge is 0.508 e. The summed E-state index contributed by atoms with van der Waals surface area (Å²) in [6.45, 7) is 2.09. The highest BCUT2D eigenvalue weighted by atomic mass is 35.5. The molecule has 2 atom stereocenters. The van der Waals surface area contributed by atoms with E-state index in [1.165, 1.54) is 36.8 Å². The van der Waals surface area contributed by atoms with Crippen molar-refractivity contribution in [3.05, 3.63) is 29.3 Å². The highest BCUT2D eigenvalue weighted by Gasteiger charge is 2.54. The summed E-state index contributed by atoms with van der Waals surface area (Å²) in [6, 6.07) is 5.81. The first kappa shape index (κ1) is 19.0. The van der Waals surface area contributed by atoms with Gasteiger partial charge in [-0.2, -0.15) is 0 Å². The van der Waals surface area contributed by atoms with Gasteiger partial charge in [0.25, 0.3) is 0 Å². The van der Waals surface area contributed by atoms with Crippen LogP contribution in [0.3, 0.4) is 0 Å². The van der Waals surface area contributed by atoms with E-state index in [1.54, 1.807) is 6.07 Å². The molecule has 2 fully saturated rings. The van der Waals surface area contributed by atoms with Crippen molar-refractivity contribution >= 4 is 12.4 Å². The van der Waals surface area contributed by atoms with E-state index >= 15 is 0 Å². The van der Waals surface area contributed by atoms with Crippen LogP contribution in [0, 0.1) is 5.92 Å². The smallest absolute Gasteiger partial charge is 0.115 e. The van der Waals surface area contributed by atoms with Crippen LogP contribution in [-0.4, -0.2) is 28.9 Å². The average Bonchev–Trinajstić information content (AvgIpc) is 2.53. The van der Waals surface area contributed by atoms with Crippen molar-refractivity contribution in [2.24, 2.45) is 5.92 Å². The second-order valence-corrected chi connectivity index (χ2v) is 8.41. The average molecular weight is 366 g/mol. The Morgan fingerprint density at radius 2 is 1.88 bits per heavy atom. The van der Waals surface area contributed by atoms with Crippen molar-refractivity contribution in [2.45, 2.75) is 75.2 Å². The molecular formula is C21H32ClNO2. The predicted octanol–water partition coefficient (Wildman–Crippen LogP) is 4.08. The fourth-order valence-electron chi connectivity index (χ4n) is 5.43. The molecule has 0 heterocycles. The Morgan fingerprint density at radius 3 is 2.64 bits per heavy atom. The lowest BCUT2D eigenvalue weighted by Gasteiger charge is -2.55. The van der Waals surface area contributed by atoms with Crippen molar-refractivity contribution in [2.75, 3.05) is 13.1 Å². The molecule has 2 saturated carbocycles. The standard InChI is InChI=1S/C21H31NO2.ClH/c23-18-7-6-17-8-11-21(24)10-2-1-9-20(21,19(17)14-18)12-13-22-15-16-4-3-5-16;/h6-7,14,16,22-24H,1-5,8-13,15H2;1H/t20-,21+;/m0./s1. The molecule has 3 nitrogen and oxygen atoms in total. The molecule has 1 aromatic rings. The molecule has 0 saturated heterocycles. The Morgan fingerprint density at radius 1 is 1.08 bits per heavy atom. The summed E-state index contributed by atoms with van der Waals surface area (Å²) in [6.07, 6.45) is 11.2. The number of phenols is 1. The Kier molecular flexibility index (Phi) is 5.67. The molecule has 0 amide bonds. The number of hydrogen-bond donors (Lipinski definition) is 3. The van der Waals surface area contributed by atoms with E-state index in [0.29, 0.717) is 5.75 Å². The molecule has 3 aliphatic rings. The number of rotatable bonds is 5. The number of aryl methyl sites for hydroxylation is 1. The maximum atomic E-state index is 11.5. The number of aliphatic hydroxyl groups is 1. The number of nitrogens with one attached hydrogen (secondary N) is 1. The van der Waals surface area contributed by atoms with Gasteiger partial charge in [0.2, 0.25) is 0 Å². The van der Waals surface area contributed by atoms with Crippen LogP contribution in [0.2, 0.25) is 0 Å². The molecule has 25 heavy (non-hydrogen) atoms. The Hall–Kier alpha value is -0.770. The molecule has 0 bridgehead atoms. The fourth-order valence-corrected chi connectivity index (χ4v) is 5.43. The molecule has 1 aromatic carbocycles. The summed E-state index contributed by atoms with van der Waals surface area (Å²) in [5, 5.41) is 25.3. The van der Waals surface area contributed by atoms with Crippen molar-refractivity contribution in [3.8, 4) is 5.75 Å². The maximum Gasteiger partial charge on any atom is 0.115 e. The summed E-state index contributed by atoms with van der Waals surface area (Å²) in [5.74, 6) is 1.21. The third kappa shape index (κ3) is 3.31. The Bertz CT molecular complexity index is 604. The van der Waals surface area contributed by atoms with E-state index in [2.05, 4.69) is 11.4 Å². The van der Waals surface area contributed by atoms with Gasteiger partial charge < -0.3 is 15.5 Å². The van der Waals surface area contributed by atoms with Gasteiger partial charge >= 0.3 is 0 Å². The molecule has 0 aliphatic heterocycles. The Labute approximate surface area is 157 Å². The SMILES string of the molecule is Cl.Oc1ccc2c(c1)[C@@]1(CCNCC3CCC3)CCCC[C@@]1(O)CC2. The minimum atomic E-state index is -0.593. The normalized spacial score (nSPS) is 31.4. The lowest BCUT2D eigenvalue weighted by Crippen LogP contribution is -2.57. The van der Waals surface area contributed by atoms with Crippen LogP contribution in [-0.2, 0) is 11.8 Å². The zero-order valence-electron chi connectivity index (χ0n) is 15.1. The van der Waals surface area contributed by atoms with Gasteiger partial charge in [-0.15, -0.1) is 12.4 Å². The van der Waals surface area contributed by atoms with E-state index in [0.717, 1.165) is 57.5 Å². The number of benzene rings is 1. The van der Waals surface area contributed by atoms with Crippen molar-refractivity contribution < 1.29 is 10.2 Å². The molecule has 0 unspecified atom stereocenters. The van der Waals surface area contributed by atoms with Crippen LogP contribution in [0.1, 0.15) is 68.9 Å². The maximum absolute atomic E-state index is 11.5. The van der Waals surface area contributed by atoms with Crippen LogP contribution in [0.15, 0.2) is 18.2 Å². The molecule has 4 heteroatoms. The lowest BCUT2D eigenvalue weighted by molar-refractivity contribution is -0.0869. The third-order valence-corrected chi connectivity index (χ3v) is 7.14. The first-order valence-corrected chi connectivity index (χ1v) is 9.88. The highest BCUT2D eigenvalue weighted by Crippen LogP contribution is 2.55. The fraction of sp³-hybridized carbons (Fsp3) is 0.714. The van der Waals surface area contributed by atoms with Crippen LogP contribution < -0.4 is 5.32 Å². The van der Waals surface area contributed by atoms with Gasteiger partial charge in [0.15, 0.2) is 0 Å². The van der Waals surface area contributed by atoms with E-state index in [-0.39, 0.29) is 17.8 Å². The summed E-state index contributed by atoms with van der Waals surface area (Å²) >= 11 is 0. The second kappa shape index (κ2) is 7.46. The summed E-state index contributed by atoms with van der Waals surface area (Å²) < 4.78 is 0. The number of hydrogen-bond acceptors (Lipinski definition) is 3. The molecule has 3 aliphatic carbocycles. The first-order valence-electron chi connectivity index (χ1n) is 9.88. The summed E-state index contributed by atoms with van der Waals surface area (Å²) in [7, 11) is 0. The van der Waals surface area contributed by atoms with Crippen molar-refractivity contribution in [1.82, 2.24) is 5.32 Å². The molecule has 0 spiro atoms. The Balaban J connectivity index is 0.00000182. The summed E-state index contributed by atoms with van der Waals surface area (Å²) in [4.78, 5) is 0. The van der Waals surface area contributed by atoms with Crippen LogP contribution >= 0.6 is 12.4 Å². The van der Waals surface area contributed by atoms with E-state index in [9.17, 15) is 10.2 Å². The van der Waals surface area contributed by atoms with Gasteiger partial charge in [-0.05, 0) is 87.2 Å². The van der Waals surface area contributed by atoms with E-state index in [1.807, 2.05) is 6.07 Å². The quantitative estimate of drug-likeness (QED) is 0.689. The van der Waals surface area contributed by atoms with E-state index in [4.69, 9.17) is 0 Å². The zero-order chi connectivity index (χ0) is 16.6. The number of halogens is 1. The third-order valence-electron chi connectivity index (χ3n) is 7.14. The van der Waals surface area contributed by atoms with Crippen LogP contribution in [0.5, 0.6) is 5.75 Å². The van der Waals surface area contributed by atoms with Gasteiger partial charge in [-0.3, -0.25) is 0 Å². The monoisotopic (exact) mass is 365 g/mol. The minimum absolute atomic E-state index is 0. The van der Waals surface area contributed by atoms with Crippen LogP contribution in [0.25, 0.3) is 0 Å². The van der Waals surface area contributed by atoms with Gasteiger partial charge in [0, 0.05) is 5.41 Å². The zero-order valence-corrected chi connectivity index (χ0v) is 15.9. The first-order chi connectivity index (χ1) is 11.6. The number of fused-ring (bicyclic) bond motifs is 3. The molecule has 4 rings (SSSR count). The van der Waals surface area contributed by atoms with Crippen molar-refractivity contribution in [3.63, 3.8) is 0 Å². The molecule has 140 valence electrons. The second-order valence-electron chi connectivity index (χ2n) is 8.41. The van der Waals surface area contributed by atoms with Crippen LogP contribution in [0.4, 0.5) is 0 Å². The molecule has 0 aromatic heterocycles. The van der Waals surface area contributed by atoms with Gasteiger partial charge in [0.05, 0.1) is 5.60 Å². The molecular weight excluding hydrogens is 334 g/mol. The van der Waals surface area contributed by atoms with Crippen molar-refractivity contribution in [1.29, 1.82) is 0 Å².